The Hall–Kier alpha value is -4.20. The Kier molecular flexibility index (Phi) is 5.72. The van der Waals surface area contributed by atoms with Gasteiger partial charge >= 0.3 is 12.1 Å². The monoisotopic (exact) mass is 474 g/mol. The maximum Gasteiger partial charge on any atom is 0.408 e. The van der Waals surface area contributed by atoms with E-state index in [1.807, 2.05) is 48.5 Å². The Bertz CT molecular complexity index is 1290. The number of carbonyl (C=O) groups is 3. The Labute approximate surface area is 200 Å². The predicted molar refractivity (Wildman–Crippen MR) is 127 cm³/mol. The van der Waals surface area contributed by atoms with E-state index < -0.39 is 29.3 Å². The van der Waals surface area contributed by atoms with Crippen LogP contribution in [0.4, 0.5) is 14.9 Å². The van der Waals surface area contributed by atoms with Gasteiger partial charge in [0.25, 0.3) is 0 Å². The summed E-state index contributed by atoms with van der Waals surface area (Å²) in [5.41, 5.74) is 2.92. The fourth-order valence-electron chi connectivity index (χ4n) is 4.81. The number of benzene rings is 3. The lowest BCUT2D eigenvalue weighted by Crippen LogP contribution is -2.61. The van der Waals surface area contributed by atoms with Gasteiger partial charge in [-0.15, -0.1) is 0 Å². The number of amides is 2. The van der Waals surface area contributed by atoms with E-state index in [-0.39, 0.29) is 23.8 Å². The second-order valence-corrected chi connectivity index (χ2v) is 8.87. The van der Waals surface area contributed by atoms with Crippen LogP contribution in [0.15, 0.2) is 66.7 Å². The Balaban J connectivity index is 1.27. The number of rotatable bonds is 6. The van der Waals surface area contributed by atoms with Crippen LogP contribution in [0.5, 0.6) is 0 Å². The minimum Gasteiger partial charge on any atom is -0.478 e. The molecule has 3 N–H and O–H groups in total. The number of carboxylic acid groups (broad SMARTS) is 1. The number of carbonyl (C=O) groups excluding carboxylic acids is 2. The lowest BCUT2D eigenvalue weighted by molar-refractivity contribution is -0.125. The molecule has 0 atom stereocenters. The number of hydrogen-bond donors (Lipinski definition) is 3. The molecule has 2 aliphatic rings. The predicted octanol–water partition coefficient (Wildman–Crippen LogP) is 4.92. The van der Waals surface area contributed by atoms with Crippen LogP contribution in [-0.4, -0.2) is 35.2 Å². The van der Waals surface area contributed by atoms with Crippen LogP contribution >= 0.6 is 0 Å². The first-order valence-electron chi connectivity index (χ1n) is 11.3. The number of fused-ring (bicyclic) bond motifs is 3. The molecule has 1 saturated carbocycles. The molecule has 0 unspecified atom stereocenters. The van der Waals surface area contributed by atoms with Crippen LogP contribution in [0.2, 0.25) is 0 Å². The lowest BCUT2D eigenvalue weighted by Gasteiger charge is -2.40. The van der Waals surface area contributed by atoms with Crippen LogP contribution in [0, 0.1) is 5.82 Å². The molecule has 0 bridgehead atoms. The topological polar surface area (TPSA) is 105 Å². The molecule has 0 spiro atoms. The second kappa shape index (κ2) is 8.87. The molecule has 0 radical (unpaired) electrons. The molecule has 35 heavy (non-hydrogen) atoms. The van der Waals surface area contributed by atoms with Crippen molar-refractivity contribution in [1.82, 2.24) is 5.32 Å². The summed E-state index contributed by atoms with van der Waals surface area (Å²) in [6.45, 7) is 0.115. The molecule has 1 fully saturated rings. The third kappa shape index (κ3) is 4.23. The molecule has 2 aliphatic carbocycles. The van der Waals surface area contributed by atoms with E-state index in [0.717, 1.165) is 40.8 Å². The van der Waals surface area contributed by atoms with Gasteiger partial charge < -0.3 is 20.5 Å². The van der Waals surface area contributed by atoms with Crippen molar-refractivity contribution in [3.05, 3.63) is 89.2 Å². The molecule has 0 heterocycles. The number of aromatic carboxylic acids is 1. The first-order chi connectivity index (χ1) is 16.9. The van der Waals surface area contributed by atoms with Crippen LogP contribution < -0.4 is 10.6 Å². The summed E-state index contributed by atoms with van der Waals surface area (Å²) in [7, 11) is 0. The van der Waals surface area contributed by atoms with Gasteiger partial charge in [-0.1, -0.05) is 48.5 Å². The zero-order chi connectivity index (χ0) is 24.6. The van der Waals surface area contributed by atoms with Crippen molar-refractivity contribution in [2.75, 3.05) is 11.9 Å². The largest absolute Gasteiger partial charge is 0.478 e. The van der Waals surface area contributed by atoms with Crippen LogP contribution in [0.25, 0.3) is 11.1 Å². The standard InChI is InChI=1S/C27H23FN2O5/c28-17-12-16(24(31)32)13-18(14-17)29-25(33)27(10-5-11-27)30-26(34)35-15-23-21-8-3-1-6-19(21)20-7-2-4-9-22(20)23/h1-4,6-9,12-14,23H,5,10-11,15H2,(H,29,33)(H,30,34)(H,31,32). The van der Waals surface area contributed by atoms with E-state index in [9.17, 15) is 18.8 Å². The van der Waals surface area contributed by atoms with Crippen molar-refractivity contribution in [1.29, 1.82) is 0 Å². The second-order valence-electron chi connectivity index (χ2n) is 8.87. The summed E-state index contributed by atoms with van der Waals surface area (Å²) >= 11 is 0. The van der Waals surface area contributed by atoms with E-state index in [4.69, 9.17) is 9.84 Å². The molecule has 3 aromatic carbocycles. The van der Waals surface area contributed by atoms with Crippen LogP contribution in [0.1, 0.15) is 46.7 Å². The van der Waals surface area contributed by atoms with E-state index in [2.05, 4.69) is 10.6 Å². The summed E-state index contributed by atoms with van der Waals surface area (Å²) in [4.78, 5) is 36.9. The van der Waals surface area contributed by atoms with Crippen molar-refractivity contribution in [3.63, 3.8) is 0 Å². The van der Waals surface area contributed by atoms with Crippen molar-refractivity contribution in [2.24, 2.45) is 0 Å². The third-order valence-corrected chi connectivity index (χ3v) is 6.73. The highest BCUT2D eigenvalue weighted by molar-refractivity contribution is 6.01. The minimum atomic E-state index is -1.31. The minimum absolute atomic E-state index is 0.00742. The van der Waals surface area contributed by atoms with E-state index in [1.54, 1.807) is 0 Å². The Morgan fingerprint density at radius 2 is 1.60 bits per heavy atom. The van der Waals surface area contributed by atoms with Gasteiger partial charge in [-0.05, 0) is 59.7 Å². The zero-order valence-corrected chi connectivity index (χ0v) is 18.7. The number of ether oxygens (including phenoxy) is 1. The quantitative estimate of drug-likeness (QED) is 0.470. The number of alkyl carbamates (subject to hydrolysis) is 1. The van der Waals surface area contributed by atoms with Crippen LogP contribution in [-0.2, 0) is 9.53 Å². The molecular weight excluding hydrogens is 451 g/mol. The molecule has 0 aliphatic heterocycles. The average molecular weight is 474 g/mol. The summed E-state index contributed by atoms with van der Waals surface area (Å²) < 4.78 is 19.4. The Morgan fingerprint density at radius 1 is 0.971 bits per heavy atom. The lowest BCUT2D eigenvalue weighted by atomic mass is 9.76. The highest BCUT2D eigenvalue weighted by Crippen LogP contribution is 2.44. The summed E-state index contributed by atoms with van der Waals surface area (Å²) in [6.07, 6.45) is 0.793. The molecule has 178 valence electrons. The van der Waals surface area contributed by atoms with Gasteiger partial charge in [-0.3, -0.25) is 4.79 Å². The molecular formula is C27H23FN2O5. The summed E-state index contributed by atoms with van der Waals surface area (Å²) in [6, 6.07) is 19.1. The average Bonchev–Trinajstić information content (AvgIpc) is 3.13. The van der Waals surface area contributed by atoms with E-state index >= 15 is 0 Å². The van der Waals surface area contributed by atoms with Gasteiger partial charge in [-0.25, -0.2) is 14.0 Å². The number of hydrogen-bond acceptors (Lipinski definition) is 4. The zero-order valence-electron chi connectivity index (χ0n) is 18.7. The fraction of sp³-hybridized carbons (Fsp3) is 0.222. The maximum atomic E-state index is 13.8. The van der Waals surface area contributed by atoms with Gasteiger partial charge in [0.2, 0.25) is 5.91 Å². The van der Waals surface area contributed by atoms with Crippen molar-refractivity contribution in [3.8, 4) is 11.1 Å². The molecule has 0 saturated heterocycles. The molecule has 5 rings (SSSR count). The van der Waals surface area contributed by atoms with Gasteiger partial charge in [0.15, 0.2) is 0 Å². The smallest absolute Gasteiger partial charge is 0.408 e. The molecule has 0 aromatic heterocycles. The highest BCUT2D eigenvalue weighted by atomic mass is 19.1. The van der Waals surface area contributed by atoms with Gasteiger partial charge in [0.05, 0.1) is 5.56 Å². The van der Waals surface area contributed by atoms with Crippen LogP contribution in [0.3, 0.4) is 0 Å². The summed E-state index contributed by atoms with van der Waals surface area (Å²) in [5.74, 6) is -2.75. The van der Waals surface area contributed by atoms with Crippen molar-refractivity contribution < 1.29 is 28.6 Å². The molecule has 3 aromatic rings. The first-order valence-corrected chi connectivity index (χ1v) is 11.3. The van der Waals surface area contributed by atoms with Gasteiger partial charge in [-0.2, -0.15) is 0 Å². The summed E-state index contributed by atoms with van der Waals surface area (Å²) in [5, 5.41) is 14.3. The normalized spacial score (nSPS) is 15.3. The number of anilines is 1. The molecule has 7 nitrogen and oxygen atoms in total. The molecule has 8 heteroatoms. The molecule has 2 amide bonds. The maximum absolute atomic E-state index is 13.8. The number of carboxylic acids is 1. The fourth-order valence-corrected chi connectivity index (χ4v) is 4.81. The van der Waals surface area contributed by atoms with Gasteiger partial charge in [0.1, 0.15) is 18.0 Å². The van der Waals surface area contributed by atoms with Gasteiger partial charge in [0, 0.05) is 11.6 Å². The van der Waals surface area contributed by atoms with Crippen molar-refractivity contribution >= 4 is 23.7 Å². The van der Waals surface area contributed by atoms with E-state index in [0.29, 0.717) is 12.8 Å². The number of halogens is 1. The van der Waals surface area contributed by atoms with E-state index in [1.165, 1.54) is 6.07 Å². The number of nitrogens with one attached hydrogen (secondary N) is 2. The Morgan fingerprint density at radius 3 is 2.17 bits per heavy atom. The first kappa shape index (κ1) is 22.6. The third-order valence-electron chi connectivity index (χ3n) is 6.73. The highest BCUT2D eigenvalue weighted by Gasteiger charge is 2.46. The SMILES string of the molecule is O=C(NC1(C(=O)Nc2cc(F)cc(C(=O)O)c2)CCC1)OCC1c2ccccc2-c2ccccc21. The van der Waals surface area contributed by atoms with Crippen molar-refractivity contribution in [2.45, 2.75) is 30.7 Å².